The first-order valence-electron chi connectivity index (χ1n) is 14.4. The molecule has 1 aromatic carbocycles. The lowest BCUT2D eigenvalue weighted by atomic mass is 9.64. The highest BCUT2D eigenvalue weighted by atomic mass is 32.2. The minimum Gasteiger partial charge on any atom is -0.300 e. The second-order valence-electron chi connectivity index (χ2n) is 13.7. The van der Waals surface area contributed by atoms with E-state index in [-0.39, 0.29) is 49.1 Å². The lowest BCUT2D eigenvalue weighted by molar-refractivity contribution is -0.132. The fraction of sp³-hybridized carbons (Fsp3) is 0.724. The molecule has 0 N–H and O–H groups in total. The van der Waals surface area contributed by atoms with Gasteiger partial charge in [0.15, 0.2) is 5.78 Å². The Morgan fingerprint density at radius 3 is 1.44 bits per heavy atom. The Kier molecular flexibility index (Phi) is 8.76. The SMILES string of the molecule is CC(=O)C1C2CCC(OS(=O)(=O)C(F)(F)F)(C2)C1(C)C.CC1(C)C(C(=O)c2ccccc2)C2CCC1(OS(=O)(=O)C(F)(F)F)C2. The van der Waals surface area contributed by atoms with Crippen molar-refractivity contribution in [1.82, 2.24) is 0 Å². The normalized spacial score (nSPS) is 33.5. The summed E-state index contributed by atoms with van der Waals surface area (Å²) in [6.07, 6.45) is 1.72. The zero-order valence-electron chi connectivity index (χ0n) is 25.3. The first kappa shape index (κ1) is 35.8. The molecule has 0 amide bonds. The van der Waals surface area contributed by atoms with Crippen LogP contribution in [0.5, 0.6) is 0 Å². The number of rotatable bonds is 7. The molecule has 16 heteroatoms. The molecule has 4 aliphatic rings. The minimum atomic E-state index is -5.72. The number of hydrogen-bond donors (Lipinski definition) is 0. The summed E-state index contributed by atoms with van der Waals surface area (Å²) in [5.74, 6) is -1.64. The van der Waals surface area contributed by atoms with Crippen molar-refractivity contribution in [1.29, 1.82) is 0 Å². The second-order valence-corrected chi connectivity index (χ2v) is 16.8. The molecule has 254 valence electrons. The third kappa shape index (κ3) is 5.75. The van der Waals surface area contributed by atoms with E-state index in [1.807, 2.05) is 0 Å². The summed E-state index contributed by atoms with van der Waals surface area (Å²) in [5.41, 5.74) is -15.3. The summed E-state index contributed by atoms with van der Waals surface area (Å²) in [4.78, 5) is 24.7. The molecule has 0 heterocycles. The molecule has 4 aliphatic carbocycles. The van der Waals surface area contributed by atoms with E-state index in [2.05, 4.69) is 4.18 Å². The number of halogens is 6. The summed E-state index contributed by atoms with van der Waals surface area (Å²) in [6.45, 7) is 7.88. The summed E-state index contributed by atoms with van der Waals surface area (Å²) in [5, 5.41) is 0. The second kappa shape index (κ2) is 11.0. The van der Waals surface area contributed by atoms with E-state index in [9.17, 15) is 52.8 Å². The van der Waals surface area contributed by atoms with Crippen LogP contribution in [-0.2, 0) is 33.4 Å². The van der Waals surface area contributed by atoms with Gasteiger partial charge >= 0.3 is 31.3 Å². The topological polar surface area (TPSA) is 121 Å². The number of fused-ring (bicyclic) bond motifs is 4. The average Bonchev–Trinajstić information content (AvgIpc) is 3.58. The Labute approximate surface area is 258 Å². The van der Waals surface area contributed by atoms with Crippen LogP contribution in [0.2, 0.25) is 0 Å². The van der Waals surface area contributed by atoms with Crippen LogP contribution < -0.4 is 0 Å². The van der Waals surface area contributed by atoms with Crippen LogP contribution in [0, 0.1) is 34.5 Å². The zero-order chi connectivity index (χ0) is 34.2. The average molecular weight is 691 g/mol. The van der Waals surface area contributed by atoms with Crippen LogP contribution in [-0.4, -0.2) is 50.6 Å². The largest absolute Gasteiger partial charge is 0.523 e. The van der Waals surface area contributed by atoms with Gasteiger partial charge in [-0.2, -0.15) is 43.2 Å². The van der Waals surface area contributed by atoms with Gasteiger partial charge in [-0.1, -0.05) is 58.0 Å². The van der Waals surface area contributed by atoms with Crippen LogP contribution in [0.1, 0.15) is 83.5 Å². The maximum atomic E-state index is 12.9. The van der Waals surface area contributed by atoms with Gasteiger partial charge < -0.3 is 0 Å². The van der Waals surface area contributed by atoms with Gasteiger partial charge in [0.2, 0.25) is 0 Å². The first-order chi connectivity index (χ1) is 20.3. The van der Waals surface area contributed by atoms with Crippen LogP contribution in [0.25, 0.3) is 0 Å². The molecule has 0 aromatic heterocycles. The van der Waals surface area contributed by atoms with E-state index in [1.165, 1.54) is 6.92 Å². The Balaban J connectivity index is 0.000000210. The number of benzene rings is 1. The van der Waals surface area contributed by atoms with Gasteiger partial charge in [0.25, 0.3) is 0 Å². The third-order valence-corrected chi connectivity index (χ3v) is 13.0. The highest BCUT2D eigenvalue weighted by molar-refractivity contribution is 7.87. The molecule has 0 radical (unpaired) electrons. The number of Topliss-reactive ketones (excluding diaryl/α,β-unsaturated/α-hetero) is 2. The highest BCUT2D eigenvalue weighted by Gasteiger charge is 2.70. The Bertz CT molecular complexity index is 1550. The van der Waals surface area contributed by atoms with Crippen molar-refractivity contribution in [2.45, 2.75) is 95.4 Å². The summed E-state index contributed by atoms with van der Waals surface area (Å²) >= 11 is 0. The Morgan fingerprint density at radius 2 is 1.09 bits per heavy atom. The van der Waals surface area contributed by atoms with E-state index in [4.69, 9.17) is 4.18 Å². The molecular formula is C29H36F6O8S2. The smallest absolute Gasteiger partial charge is 0.300 e. The van der Waals surface area contributed by atoms with Crippen LogP contribution in [0.4, 0.5) is 26.3 Å². The van der Waals surface area contributed by atoms with Crippen LogP contribution >= 0.6 is 0 Å². The number of ketones is 2. The van der Waals surface area contributed by atoms with Gasteiger partial charge in [0.05, 0.1) is 11.2 Å². The highest BCUT2D eigenvalue weighted by Crippen LogP contribution is 2.66. The molecule has 4 bridgehead atoms. The maximum Gasteiger partial charge on any atom is 0.523 e. The zero-order valence-corrected chi connectivity index (χ0v) is 26.9. The molecule has 4 saturated carbocycles. The van der Waals surface area contributed by atoms with Gasteiger partial charge in [-0.15, -0.1) is 0 Å². The predicted molar refractivity (Wildman–Crippen MR) is 148 cm³/mol. The van der Waals surface area contributed by atoms with Crippen molar-refractivity contribution in [3.8, 4) is 0 Å². The predicted octanol–water partition coefficient (Wildman–Crippen LogP) is 6.57. The molecular weight excluding hydrogens is 654 g/mol. The molecule has 0 aliphatic heterocycles. The molecule has 1 aromatic rings. The van der Waals surface area contributed by atoms with Gasteiger partial charge in [-0.05, 0) is 57.3 Å². The van der Waals surface area contributed by atoms with Crippen molar-refractivity contribution in [2.75, 3.05) is 0 Å². The molecule has 45 heavy (non-hydrogen) atoms. The summed E-state index contributed by atoms with van der Waals surface area (Å²) in [7, 11) is -11.4. The monoisotopic (exact) mass is 690 g/mol. The van der Waals surface area contributed by atoms with E-state index >= 15 is 0 Å². The van der Waals surface area contributed by atoms with Gasteiger partial charge in [-0.25, -0.2) is 0 Å². The standard InChI is InChI=1S/C17H19F3O4S.C12H17F3O4S/c1-15(2)13(14(21)11-6-4-3-5-7-11)12-8-9-16(15,10-12)24-25(22,23)17(18,19)20;1-7(16)9-8-4-5-11(6-8,10(9,2)3)19-20(17,18)12(13,14)15/h3-7,12-13H,8-10H2,1-2H3;8-9H,4-6H2,1-3H3. The number of alkyl halides is 6. The maximum absolute atomic E-state index is 12.9. The molecule has 0 saturated heterocycles. The van der Waals surface area contributed by atoms with Crippen LogP contribution in [0.15, 0.2) is 30.3 Å². The molecule has 0 spiro atoms. The lowest BCUT2D eigenvalue weighted by Gasteiger charge is -2.44. The van der Waals surface area contributed by atoms with Gasteiger partial charge in [0, 0.05) is 28.2 Å². The summed E-state index contributed by atoms with van der Waals surface area (Å²) < 4.78 is 131. The molecule has 8 nitrogen and oxygen atoms in total. The van der Waals surface area contributed by atoms with Crippen molar-refractivity contribution in [3.05, 3.63) is 35.9 Å². The van der Waals surface area contributed by atoms with E-state index in [1.54, 1.807) is 58.0 Å². The number of hydrogen-bond acceptors (Lipinski definition) is 8. The number of carbonyl (C=O) groups excluding carboxylic acids is 2. The van der Waals surface area contributed by atoms with Gasteiger partial charge in [-0.3, -0.25) is 18.0 Å². The first-order valence-corrected chi connectivity index (χ1v) is 17.2. The van der Waals surface area contributed by atoms with E-state index in [0.717, 1.165) is 0 Å². The van der Waals surface area contributed by atoms with Crippen LogP contribution in [0.3, 0.4) is 0 Å². The van der Waals surface area contributed by atoms with E-state index in [0.29, 0.717) is 18.4 Å². The van der Waals surface area contributed by atoms with Crippen molar-refractivity contribution >= 4 is 31.8 Å². The van der Waals surface area contributed by atoms with Gasteiger partial charge in [0.1, 0.15) is 5.78 Å². The lowest BCUT2D eigenvalue weighted by Crippen LogP contribution is -2.51. The Hall–Kier alpha value is -2.04. The Morgan fingerprint density at radius 1 is 0.711 bits per heavy atom. The molecule has 6 atom stereocenters. The van der Waals surface area contributed by atoms with Crippen molar-refractivity contribution in [3.63, 3.8) is 0 Å². The number of carbonyl (C=O) groups is 2. The minimum absolute atomic E-state index is 0.106. The summed E-state index contributed by atoms with van der Waals surface area (Å²) in [6, 6.07) is 8.51. The molecule has 6 unspecified atom stereocenters. The van der Waals surface area contributed by atoms with Crippen molar-refractivity contribution in [2.24, 2.45) is 34.5 Å². The fourth-order valence-corrected chi connectivity index (χ4v) is 10.4. The quantitative estimate of drug-likeness (QED) is 0.136. The third-order valence-electron chi connectivity index (χ3n) is 10.8. The van der Waals surface area contributed by atoms with Crippen molar-refractivity contribution < 1.29 is 61.1 Å². The molecule has 5 rings (SSSR count). The van der Waals surface area contributed by atoms with E-state index < -0.39 is 65.1 Å². The molecule has 4 fully saturated rings. The fourth-order valence-electron chi connectivity index (χ4n) is 8.62.